The SMILES string of the molecule is Cc1ccc(SCC(=O)N(C)CC(=O)Nc2c(C)cc(C)cc2C)cc1. The highest BCUT2D eigenvalue weighted by Gasteiger charge is 2.15. The van der Waals surface area contributed by atoms with Crippen LogP contribution in [-0.4, -0.2) is 36.1 Å². The number of carbonyl (C=O) groups excluding carboxylic acids is 2. The number of rotatable bonds is 6. The number of likely N-dealkylation sites (N-methyl/N-ethyl adjacent to an activating group) is 1. The summed E-state index contributed by atoms with van der Waals surface area (Å²) in [7, 11) is 1.66. The van der Waals surface area contributed by atoms with Crippen molar-refractivity contribution >= 4 is 29.3 Å². The number of benzene rings is 2. The number of carbonyl (C=O) groups is 2. The maximum Gasteiger partial charge on any atom is 0.243 e. The van der Waals surface area contributed by atoms with E-state index in [2.05, 4.69) is 5.32 Å². The molecule has 0 aliphatic rings. The number of anilines is 1. The number of thioether (sulfide) groups is 1. The number of hydrogen-bond acceptors (Lipinski definition) is 3. The number of nitrogens with one attached hydrogen (secondary N) is 1. The molecular weight excluding hydrogens is 344 g/mol. The first-order valence-corrected chi connectivity index (χ1v) is 9.56. The Morgan fingerprint density at radius 2 is 1.54 bits per heavy atom. The smallest absolute Gasteiger partial charge is 0.243 e. The molecule has 0 atom stereocenters. The summed E-state index contributed by atoms with van der Waals surface area (Å²) in [4.78, 5) is 27.1. The van der Waals surface area contributed by atoms with E-state index in [1.165, 1.54) is 27.8 Å². The van der Waals surface area contributed by atoms with Crippen LogP contribution in [0.4, 0.5) is 5.69 Å². The minimum atomic E-state index is -0.184. The molecule has 5 heteroatoms. The van der Waals surface area contributed by atoms with Gasteiger partial charge >= 0.3 is 0 Å². The molecule has 2 amide bonds. The molecule has 0 fully saturated rings. The van der Waals surface area contributed by atoms with Crippen LogP contribution in [0.3, 0.4) is 0 Å². The van der Waals surface area contributed by atoms with Crippen molar-refractivity contribution in [1.82, 2.24) is 4.90 Å². The Bertz CT molecular complexity index is 777. The first kappa shape index (κ1) is 20.0. The molecule has 2 rings (SSSR count). The van der Waals surface area contributed by atoms with Crippen molar-refractivity contribution < 1.29 is 9.59 Å². The Morgan fingerprint density at radius 1 is 0.962 bits per heavy atom. The summed E-state index contributed by atoms with van der Waals surface area (Å²) in [6.45, 7) is 8.05. The molecule has 0 unspecified atom stereocenters. The average Bonchev–Trinajstić information content (AvgIpc) is 2.57. The standard InChI is InChI=1S/C21H26N2O2S/c1-14-6-8-18(9-7-14)26-13-20(25)23(5)12-19(24)22-21-16(3)10-15(2)11-17(21)4/h6-11H,12-13H2,1-5H3,(H,22,24). The van der Waals surface area contributed by atoms with Crippen LogP contribution in [0.15, 0.2) is 41.3 Å². The second-order valence-electron chi connectivity index (χ2n) is 6.67. The molecule has 0 radical (unpaired) electrons. The third kappa shape index (κ3) is 5.63. The van der Waals surface area contributed by atoms with E-state index in [4.69, 9.17) is 0 Å². The van der Waals surface area contributed by atoms with Crippen LogP contribution in [0.5, 0.6) is 0 Å². The summed E-state index contributed by atoms with van der Waals surface area (Å²) in [5.41, 5.74) is 5.24. The van der Waals surface area contributed by atoms with Crippen molar-refractivity contribution in [2.24, 2.45) is 0 Å². The predicted octanol–water partition coefficient (Wildman–Crippen LogP) is 4.11. The highest BCUT2D eigenvalue weighted by atomic mass is 32.2. The molecule has 0 aliphatic carbocycles. The van der Waals surface area contributed by atoms with Gasteiger partial charge in [-0.25, -0.2) is 0 Å². The van der Waals surface area contributed by atoms with E-state index in [0.29, 0.717) is 5.75 Å². The lowest BCUT2D eigenvalue weighted by molar-refractivity contribution is -0.131. The van der Waals surface area contributed by atoms with Crippen LogP contribution >= 0.6 is 11.8 Å². The van der Waals surface area contributed by atoms with Gasteiger partial charge < -0.3 is 10.2 Å². The molecule has 0 saturated heterocycles. The van der Waals surface area contributed by atoms with Gasteiger partial charge in [0.15, 0.2) is 0 Å². The quantitative estimate of drug-likeness (QED) is 0.779. The van der Waals surface area contributed by atoms with Crippen LogP contribution in [0.25, 0.3) is 0 Å². The second kappa shape index (κ2) is 8.90. The Morgan fingerprint density at radius 3 is 2.12 bits per heavy atom. The third-order valence-corrected chi connectivity index (χ3v) is 5.13. The molecule has 0 aromatic heterocycles. The van der Waals surface area contributed by atoms with E-state index in [1.54, 1.807) is 7.05 Å². The summed E-state index contributed by atoms with van der Waals surface area (Å²) in [6.07, 6.45) is 0. The first-order chi connectivity index (χ1) is 12.3. The van der Waals surface area contributed by atoms with Crippen molar-refractivity contribution in [2.75, 3.05) is 24.7 Å². The van der Waals surface area contributed by atoms with Gasteiger partial charge in [0.25, 0.3) is 0 Å². The monoisotopic (exact) mass is 370 g/mol. The molecular formula is C21H26N2O2S. The molecule has 138 valence electrons. The van der Waals surface area contributed by atoms with E-state index >= 15 is 0 Å². The number of nitrogens with zero attached hydrogens (tertiary/aromatic N) is 1. The minimum absolute atomic E-state index is 0.0417. The lowest BCUT2D eigenvalue weighted by Crippen LogP contribution is -2.36. The number of amides is 2. The van der Waals surface area contributed by atoms with Gasteiger partial charge in [-0.15, -0.1) is 11.8 Å². The van der Waals surface area contributed by atoms with Gasteiger partial charge in [-0.05, 0) is 51.0 Å². The van der Waals surface area contributed by atoms with Crippen LogP contribution in [0.1, 0.15) is 22.3 Å². The Labute approximate surface area is 160 Å². The lowest BCUT2D eigenvalue weighted by Gasteiger charge is -2.18. The topological polar surface area (TPSA) is 49.4 Å². The predicted molar refractivity (Wildman–Crippen MR) is 109 cm³/mol. The fraction of sp³-hybridized carbons (Fsp3) is 0.333. The zero-order chi connectivity index (χ0) is 19.3. The fourth-order valence-corrected chi connectivity index (χ4v) is 3.59. The Kier molecular flexibility index (Phi) is 6.86. The van der Waals surface area contributed by atoms with Gasteiger partial charge in [0, 0.05) is 17.6 Å². The molecule has 26 heavy (non-hydrogen) atoms. The summed E-state index contributed by atoms with van der Waals surface area (Å²) >= 11 is 1.48. The van der Waals surface area contributed by atoms with Crippen molar-refractivity contribution in [2.45, 2.75) is 32.6 Å². The van der Waals surface area contributed by atoms with Gasteiger partial charge in [0.2, 0.25) is 11.8 Å². The first-order valence-electron chi connectivity index (χ1n) is 8.57. The van der Waals surface area contributed by atoms with Gasteiger partial charge in [-0.2, -0.15) is 0 Å². The Hall–Kier alpha value is -2.27. The van der Waals surface area contributed by atoms with Gasteiger partial charge in [0.05, 0.1) is 12.3 Å². The Balaban J connectivity index is 1.88. The van der Waals surface area contributed by atoms with Crippen LogP contribution in [0, 0.1) is 27.7 Å². The molecule has 2 aromatic carbocycles. The van der Waals surface area contributed by atoms with E-state index in [0.717, 1.165) is 21.7 Å². The second-order valence-corrected chi connectivity index (χ2v) is 7.72. The van der Waals surface area contributed by atoms with Crippen LogP contribution in [-0.2, 0) is 9.59 Å². The zero-order valence-corrected chi connectivity index (χ0v) is 16.9. The number of hydrogen-bond donors (Lipinski definition) is 1. The average molecular weight is 371 g/mol. The molecule has 0 aliphatic heterocycles. The summed E-state index contributed by atoms with van der Waals surface area (Å²) in [5.74, 6) is 0.0643. The van der Waals surface area contributed by atoms with Crippen molar-refractivity contribution in [3.05, 3.63) is 58.7 Å². The minimum Gasteiger partial charge on any atom is -0.336 e. The summed E-state index contributed by atoms with van der Waals surface area (Å²) in [5, 5.41) is 2.93. The zero-order valence-electron chi connectivity index (χ0n) is 16.1. The maximum absolute atomic E-state index is 12.3. The molecule has 1 N–H and O–H groups in total. The third-order valence-electron chi connectivity index (χ3n) is 4.13. The highest BCUT2D eigenvalue weighted by Crippen LogP contribution is 2.22. The largest absolute Gasteiger partial charge is 0.336 e. The molecule has 4 nitrogen and oxygen atoms in total. The van der Waals surface area contributed by atoms with Crippen molar-refractivity contribution in [1.29, 1.82) is 0 Å². The van der Waals surface area contributed by atoms with Crippen molar-refractivity contribution in [3.63, 3.8) is 0 Å². The molecule has 0 heterocycles. The molecule has 0 bridgehead atoms. The maximum atomic E-state index is 12.3. The van der Waals surface area contributed by atoms with E-state index in [9.17, 15) is 9.59 Å². The normalized spacial score (nSPS) is 10.5. The fourth-order valence-electron chi connectivity index (χ4n) is 2.75. The summed E-state index contributed by atoms with van der Waals surface area (Å²) in [6, 6.07) is 12.1. The van der Waals surface area contributed by atoms with Crippen LogP contribution < -0.4 is 5.32 Å². The number of aryl methyl sites for hydroxylation is 4. The van der Waals surface area contributed by atoms with Gasteiger partial charge in [-0.1, -0.05) is 35.4 Å². The van der Waals surface area contributed by atoms with Gasteiger partial charge in [0.1, 0.15) is 0 Å². The lowest BCUT2D eigenvalue weighted by atomic mass is 10.1. The van der Waals surface area contributed by atoms with Crippen molar-refractivity contribution in [3.8, 4) is 0 Å². The van der Waals surface area contributed by atoms with E-state index in [1.807, 2.05) is 64.1 Å². The summed E-state index contributed by atoms with van der Waals surface area (Å²) < 4.78 is 0. The van der Waals surface area contributed by atoms with Crippen LogP contribution in [0.2, 0.25) is 0 Å². The highest BCUT2D eigenvalue weighted by molar-refractivity contribution is 8.00. The van der Waals surface area contributed by atoms with Gasteiger partial charge in [-0.3, -0.25) is 9.59 Å². The molecule has 0 saturated carbocycles. The van der Waals surface area contributed by atoms with E-state index in [-0.39, 0.29) is 18.4 Å². The molecule has 0 spiro atoms. The molecule has 2 aromatic rings. The van der Waals surface area contributed by atoms with E-state index < -0.39 is 0 Å².